The topological polar surface area (TPSA) is 17.8 Å². The number of aromatic nitrogens is 2. The van der Waals surface area contributed by atoms with Gasteiger partial charge in [0.2, 0.25) is 0 Å². The molecule has 0 bridgehead atoms. The highest BCUT2D eigenvalue weighted by Crippen LogP contribution is 2.02. The van der Waals surface area contributed by atoms with Crippen LogP contribution in [0.15, 0.2) is 6.07 Å². The van der Waals surface area contributed by atoms with Gasteiger partial charge < -0.3 is 0 Å². The molecule has 0 aliphatic rings. The molecule has 0 aliphatic heterocycles. The fraction of sp³-hybridized carbons (Fsp3) is 0.625. The van der Waals surface area contributed by atoms with Gasteiger partial charge in [-0.1, -0.05) is 0 Å². The lowest BCUT2D eigenvalue weighted by Crippen LogP contribution is -2.02. The predicted octanol–water partition coefficient (Wildman–Crippen LogP) is 2.13. The third-order valence-corrected chi connectivity index (χ3v) is 1.87. The first-order valence-corrected chi connectivity index (χ1v) is 4.34. The zero-order chi connectivity index (χ0) is 8.27. The second kappa shape index (κ2) is 3.77. The van der Waals surface area contributed by atoms with Crippen molar-refractivity contribution in [1.82, 2.24) is 9.78 Å². The number of halogens is 1. The minimum absolute atomic E-state index is 0.707. The van der Waals surface area contributed by atoms with E-state index in [1.807, 2.05) is 11.6 Å². The summed E-state index contributed by atoms with van der Waals surface area (Å²) >= 11 is 5.57. The van der Waals surface area contributed by atoms with Crippen LogP contribution in [0, 0.1) is 13.8 Å². The monoisotopic (exact) mass is 172 g/mol. The summed E-state index contributed by atoms with van der Waals surface area (Å²) in [5.74, 6) is 0.707. The standard InChI is InChI=1S/C8H13ClN2/c1-7-6-8(2)11(10-7)5-3-4-9/h6H,3-5H2,1-2H3. The summed E-state index contributed by atoms with van der Waals surface area (Å²) in [6.45, 7) is 5.00. The summed E-state index contributed by atoms with van der Waals surface area (Å²) in [5, 5.41) is 4.31. The molecule has 0 amide bonds. The largest absolute Gasteiger partial charge is 0.270 e. The quantitative estimate of drug-likeness (QED) is 0.639. The van der Waals surface area contributed by atoms with Crippen LogP contribution in [0.1, 0.15) is 17.8 Å². The first kappa shape index (κ1) is 8.60. The third-order valence-electron chi connectivity index (χ3n) is 1.61. The third kappa shape index (κ3) is 2.22. The first-order valence-electron chi connectivity index (χ1n) is 3.81. The van der Waals surface area contributed by atoms with E-state index in [0.29, 0.717) is 5.88 Å². The molecule has 1 aromatic heterocycles. The number of rotatable bonds is 3. The first-order chi connectivity index (χ1) is 5.24. The van der Waals surface area contributed by atoms with E-state index < -0.39 is 0 Å². The summed E-state index contributed by atoms with van der Waals surface area (Å²) < 4.78 is 2.00. The molecule has 0 atom stereocenters. The SMILES string of the molecule is Cc1cc(C)n(CCCCl)n1. The zero-order valence-electron chi connectivity index (χ0n) is 6.97. The fourth-order valence-corrected chi connectivity index (χ4v) is 1.23. The van der Waals surface area contributed by atoms with Crippen LogP contribution in [0.2, 0.25) is 0 Å². The van der Waals surface area contributed by atoms with Crippen LogP contribution in [0.25, 0.3) is 0 Å². The molecular formula is C8H13ClN2. The summed E-state index contributed by atoms with van der Waals surface area (Å²) in [5.41, 5.74) is 2.30. The summed E-state index contributed by atoms with van der Waals surface area (Å²) in [7, 11) is 0. The zero-order valence-corrected chi connectivity index (χ0v) is 7.73. The molecule has 0 fully saturated rings. The number of aryl methyl sites for hydroxylation is 3. The Labute approximate surface area is 72.2 Å². The van der Waals surface area contributed by atoms with Crippen molar-refractivity contribution in [3.63, 3.8) is 0 Å². The van der Waals surface area contributed by atoms with E-state index in [1.54, 1.807) is 0 Å². The molecule has 0 saturated heterocycles. The van der Waals surface area contributed by atoms with E-state index in [1.165, 1.54) is 5.69 Å². The summed E-state index contributed by atoms with van der Waals surface area (Å²) in [4.78, 5) is 0. The Bertz CT molecular complexity index is 230. The van der Waals surface area contributed by atoms with Gasteiger partial charge in [0.15, 0.2) is 0 Å². The molecule has 2 nitrogen and oxygen atoms in total. The van der Waals surface area contributed by atoms with Gasteiger partial charge in [-0.25, -0.2) is 0 Å². The molecular weight excluding hydrogens is 160 g/mol. The van der Waals surface area contributed by atoms with Crippen molar-refractivity contribution < 1.29 is 0 Å². The lowest BCUT2D eigenvalue weighted by molar-refractivity contribution is 0.585. The molecule has 1 rings (SSSR count). The van der Waals surface area contributed by atoms with E-state index in [-0.39, 0.29) is 0 Å². The van der Waals surface area contributed by atoms with Gasteiger partial charge in [0.05, 0.1) is 5.69 Å². The summed E-state index contributed by atoms with van der Waals surface area (Å²) in [6.07, 6.45) is 0.990. The molecule has 62 valence electrons. The van der Waals surface area contributed by atoms with Crippen LogP contribution in [-0.2, 0) is 6.54 Å². The maximum atomic E-state index is 5.57. The van der Waals surface area contributed by atoms with Gasteiger partial charge in [-0.05, 0) is 26.3 Å². The van der Waals surface area contributed by atoms with Gasteiger partial charge in [0.1, 0.15) is 0 Å². The van der Waals surface area contributed by atoms with Gasteiger partial charge >= 0.3 is 0 Å². The molecule has 1 aromatic rings. The van der Waals surface area contributed by atoms with Gasteiger partial charge in [-0.3, -0.25) is 4.68 Å². The van der Waals surface area contributed by atoms with Gasteiger partial charge in [-0.15, -0.1) is 11.6 Å². The lowest BCUT2D eigenvalue weighted by Gasteiger charge is -2.00. The Hall–Kier alpha value is -0.500. The molecule has 11 heavy (non-hydrogen) atoms. The fourth-order valence-electron chi connectivity index (χ4n) is 1.11. The van der Waals surface area contributed by atoms with Crippen molar-refractivity contribution in [2.45, 2.75) is 26.8 Å². The smallest absolute Gasteiger partial charge is 0.0596 e. The highest BCUT2D eigenvalue weighted by molar-refractivity contribution is 6.17. The minimum Gasteiger partial charge on any atom is -0.270 e. The van der Waals surface area contributed by atoms with Crippen LogP contribution in [0.5, 0.6) is 0 Å². The average Bonchev–Trinajstić information content (AvgIpc) is 2.26. The van der Waals surface area contributed by atoms with Crippen LogP contribution in [0.3, 0.4) is 0 Å². The van der Waals surface area contributed by atoms with Crippen LogP contribution in [-0.4, -0.2) is 15.7 Å². The molecule has 3 heteroatoms. The molecule has 0 N–H and O–H groups in total. The molecule has 0 radical (unpaired) electrons. The van der Waals surface area contributed by atoms with Crippen molar-refractivity contribution in [2.75, 3.05) is 5.88 Å². The van der Waals surface area contributed by atoms with E-state index >= 15 is 0 Å². The van der Waals surface area contributed by atoms with E-state index in [9.17, 15) is 0 Å². The predicted molar refractivity (Wildman–Crippen MR) is 47.0 cm³/mol. The number of alkyl halides is 1. The van der Waals surface area contributed by atoms with Crippen molar-refractivity contribution in [3.8, 4) is 0 Å². The Kier molecular flexibility index (Phi) is 2.94. The van der Waals surface area contributed by atoms with Crippen LogP contribution in [0.4, 0.5) is 0 Å². The molecule has 0 aromatic carbocycles. The molecule has 0 aliphatic carbocycles. The van der Waals surface area contributed by atoms with E-state index in [2.05, 4.69) is 18.1 Å². The average molecular weight is 173 g/mol. The number of hydrogen-bond donors (Lipinski definition) is 0. The Morgan fingerprint density at radius 1 is 1.55 bits per heavy atom. The highest BCUT2D eigenvalue weighted by atomic mass is 35.5. The van der Waals surface area contributed by atoms with E-state index in [0.717, 1.165) is 18.7 Å². The highest BCUT2D eigenvalue weighted by Gasteiger charge is 1.98. The van der Waals surface area contributed by atoms with Crippen molar-refractivity contribution >= 4 is 11.6 Å². The van der Waals surface area contributed by atoms with Crippen LogP contribution < -0.4 is 0 Å². The lowest BCUT2D eigenvalue weighted by atomic mass is 10.4. The number of hydrogen-bond acceptors (Lipinski definition) is 1. The Morgan fingerprint density at radius 2 is 2.27 bits per heavy atom. The Morgan fingerprint density at radius 3 is 2.73 bits per heavy atom. The van der Waals surface area contributed by atoms with E-state index in [4.69, 9.17) is 11.6 Å². The maximum Gasteiger partial charge on any atom is 0.0596 e. The normalized spacial score (nSPS) is 10.5. The Balaban J connectivity index is 2.62. The molecule has 1 heterocycles. The maximum absolute atomic E-state index is 5.57. The molecule has 0 saturated carbocycles. The molecule has 0 spiro atoms. The molecule has 0 unspecified atom stereocenters. The van der Waals surface area contributed by atoms with Crippen molar-refractivity contribution in [2.24, 2.45) is 0 Å². The minimum atomic E-state index is 0.707. The van der Waals surface area contributed by atoms with Gasteiger partial charge in [-0.2, -0.15) is 5.10 Å². The van der Waals surface area contributed by atoms with Crippen LogP contribution >= 0.6 is 11.6 Å². The van der Waals surface area contributed by atoms with Gasteiger partial charge in [0, 0.05) is 18.1 Å². The van der Waals surface area contributed by atoms with Gasteiger partial charge in [0.25, 0.3) is 0 Å². The van der Waals surface area contributed by atoms with Crippen molar-refractivity contribution in [3.05, 3.63) is 17.5 Å². The summed E-state index contributed by atoms with van der Waals surface area (Å²) in [6, 6.07) is 2.08. The second-order valence-corrected chi connectivity index (χ2v) is 3.07. The van der Waals surface area contributed by atoms with Crippen molar-refractivity contribution in [1.29, 1.82) is 0 Å². The number of nitrogens with zero attached hydrogens (tertiary/aromatic N) is 2. The second-order valence-electron chi connectivity index (χ2n) is 2.69.